The van der Waals surface area contributed by atoms with Gasteiger partial charge < -0.3 is 15.2 Å². The molecule has 0 saturated carbocycles. The van der Waals surface area contributed by atoms with Crippen molar-refractivity contribution in [3.8, 4) is 5.75 Å². The molecule has 1 rings (SSSR count). The van der Waals surface area contributed by atoms with Crippen LogP contribution in [-0.4, -0.2) is 23.9 Å². The molecule has 0 bridgehead atoms. The highest BCUT2D eigenvalue weighted by atomic mass is 79.9. The molecule has 0 saturated heterocycles. The fourth-order valence-electron chi connectivity index (χ4n) is 1.45. The fraction of sp³-hybridized carbons (Fsp3) is 0.571. The number of ether oxygens (including phenoxy) is 1. The predicted octanol–water partition coefficient (Wildman–Crippen LogP) is 3.86. The van der Waals surface area contributed by atoms with E-state index in [2.05, 4.69) is 44.1 Å². The molecule has 0 aromatic heterocycles. The Morgan fingerprint density at radius 3 is 2.32 bits per heavy atom. The quantitative estimate of drug-likeness (QED) is 0.737. The molecule has 0 unspecified atom stereocenters. The minimum Gasteiger partial charge on any atom is -0.491 e. The van der Waals surface area contributed by atoms with Crippen molar-refractivity contribution in [1.82, 2.24) is 5.32 Å². The molecule has 3 nitrogen and oxygen atoms in total. The molecular weight excluding hydrogens is 374 g/mol. The Morgan fingerprint density at radius 1 is 1.26 bits per heavy atom. The van der Waals surface area contributed by atoms with Crippen LogP contribution in [0.4, 0.5) is 0 Å². The number of rotatable bonds is 7. The van der Waals surface area contributed by atoms with Gasteiger partial charge in [-0.05, 0) is 69.8 Å². The topological polar surface area (TPSA) is 41.5 Å². The van der Waals surface area contributed by atoms with Crippen molar-refractivity contribution in [2.75, 3.05) is 13.2 Å². The molecule has 5 heteroatoms. The van der Waals surface area contributed by atoms with Crippen molar-refractivity contribution in [2.45, 2.75) is 39.3 Å². The monoisotopic (exact) mass is 393 g/mol. The van der Waals surface area contributed by atoms with Crippen molar-refractivity contribution >= 4 is 31.9 Å². The van der Waals surface area contributed by atoms with Gasteiger partial charge in [0, 0.05) is 12.1 Å². The van der Waals surface area contributed by atoms with Gasteiger partial charge in [0.1, 0.15) is 5.75 Å². The number of hydrogen-bond donors (Lipinski definition) is 2. The van der Waals surface area contributed by atoms with Crippen LogP contribution in [0.2, 0.25) is 0 Å². The fourth-order valence-corrected chi connectivity index (χ4v) is 2.96. The van der Waals surface area contributed by atoms with E-state index in [4.69, 9.17) is 4.74 Å². The molecule has 1 aromatic rings. The largest absolute Gasteiger partial charge is 0.491 e. The van der Waals surface area contributed by atoms with Gasteiger partial charge in [0.2, 0.25) is 0 Å². The maximum atomic E-state index is 9.22. The zero-order valence-corrected chi connectivity index (χ0v) is 14.8. The van der Waals surface area contributed by atoms with Gasteiger partial charge in [-0.2, -0.15) is 0 Å². The molecular formula is C14H21Br2NO2. The van der Waals surface area contributed by atoms with E-state index >= 15 is 0 Å². The van der Waals surface area contributed by atoms with Gasteiger partial charge >= 0.3 is 0 Å². The standard InChI is InChI=1S/C14H21Br2NO2/c1-4-5-19-13-11(15)6-10(7-12(13)16)8-17-14(2,3)9-18/h6-7,17-18H,4-5,8-9H2,1-3H3. The van der Waals surface area contributed by atoms with E-state index < -0.39 is 0 Å². The first-order valence-corrected chi connectivity index (χ1v) is 7.95. The van der Waals surface area contributed by atoms with Crippen molar-refractivity contribution in [3.63, 3.8) is 0 Å². The predicted molar refractivity (Wildman–Crippen MR) is 85.6 cm³/mol. The first-order valence-electron chi connectivity index (χ1n) is 6.36. The molecule has 19 heavy (non-hydrogen) atoms. The molecule has 0 aliphatic rings. The zero-order valence-electron chi connectivity index (χ0n) is 11.6. The van der Waals surface area contributed by atoms with Gasteiger partial charge in [-0.25, -0.2) is 0 Å². The Hall–Kier alpha value is -0.100. The van der Waals surface area contributed by atoms with Crippen LogP contribution in [-0.2, 0) is 6.54 Å². The lowest BCUT2D eigenvalue weighted by Gasteiger charge is -2.24. The van der Waals surface area contributed by atoms with Crippen LogP contribution in [0.1, 0.15) is 32.8 Å². The van der Waals surface area contributed by atoms with Crippen molar-refractivity contribution in [2.24, 2.45) is 0 Å². The summed E-state index contributed by atoms with van der Waals surface area (Å²) in [4.78, 5) is 0. The maximum Gasteiger partial charge on any atom is 0.147 e. The first-order chi connectivity index (χ1) is 8.89. The number of hydrogen-bond acceptors (Lipinski definition) is 3. The highest BCUT2D eigenvalue weighted by Gasteiger charge is 2.16. The van der Waals surface area contributed by atoms with Crippen LogP contribution >= 0.6 is 31.9 Å². The first kappa shape index (κ1) is 17.0. The molecule has 108 valence electrons. The highest BCUT2D eigenvalue weighted by molar-refractivity contribution is 9.11. The summed E-state index contributed by atoms with van der Waals surface area (Å²) in [6.45, 7) is 7.51. The average molecular weight is 395 g/mol. The van der Waals surface area contributed by atoms with Gasteiger partial charge in [0.05, 0.1) is 22.2 Å². The minimum atomic E-state index is -0.281. The summed E-state index contributed by atoms with van der Waals surface area (Å²) in [5, 5.41) is 12.5. The molecule has 0 radical (unpaired) electrons. The summed E-state index contributed by atoms with van der Waals surface area (Å²) in [5.41, 5.74) is 0.847. The van der Waals surface area contributed by atoms with E-state index in [1.807, 2.05) is 26.0 Å². The van der Waals surface area contributed by atoms with Crippen molar-refractivity contribution in [3.05, 3.63) is 26.6 Å². The lowest BCUT2D eigenvalue weighted by atomic mass is 10.1. The third-order valence-corrected chi connectivity index (χ3v) is 3.85. The Balaban J connectivity index is 2.77. The minimum absolute atomic E-state index is 0.104. The van der Waals surface area contributed by atoms with Gasteiger partial charge in [0.15, 0.2) is 0 Å². The van der Waals surface area contributed by atoms with Crippen LogP contribution in [0.3, 0.4) is 0 Å². The second kappa shape index (κ2) is 7.62. The maximum absolute atomic E-state index is 9.22. The molecule has 1 aromatic carbocycles. The Labute approximate surface area is 132 Å². The second-order valence-corrected chi connectivity index (χ2v) is 6.84. The summed E-state index contributed by atoms with van der Waals surface area (Å²) in [7, 11) is 0. The number of aliphatic hydroxyl groups is 1. The highest BCUT2D eigenvalue weighted by Crippen LogP contribution is 2.35. The molecule has 0 spiro atoms. The van der Waals surface area contributed by atoms with E-state index in [0.717, 1.165) is 26.7 Å². The third-order valence-electron chi connectivity index (χ3n) is 2.67. The van der Waals surface area contributed by atoms with Crippen LogP contribution in [0.25, 0.3) is 0 Å². The number of benzene rings is 1. The Morgan fingerprint density at radius 2 is 1.84 bits per heavy atom. The molecule has 0 amide bonds. The molecule has 0 fully saturated rings. The lowest BCUT2D eigenvalue weighted by Crippen LogP contribution is -2.42. The Kier molecular flexibility index (Phi) is 6.80. The van der Waals surface area contributed by atoms with Crippen molar-refractivity contribution in [1.29, 1.82) is 0 Å². The molecule has 0 aliphatic heterocycles. The van der Waals surface area contributed by atoms with E-state index in [-0.39, 0.29) is 12.1 Å². The molecule has 0 heterocycles. The van der Waals surface area contributed by atoms with Crippen molar-refractivity contribution < 1.29 is 9.84 Å². The summed E-state index contributed by atoms with van der Waals surface area (Å²) >= 11 is 7.07. The van der Waals surface area contributed by atoms with Gasteiger partial charge in [-0.15, -0.1) is 0 Å². The summed E-state index contributed by atoms with van der Waals surface area (Å²) in [5.74, 6) is 0.840. The van der Waals surface area contributed by atoms with Gasteiger partial charge in [-0.3, -0.25) is 0 Å². The molecule has 0 aliphatic carbocycles. The van der Waals surface area contributed by atoms with Crippen LogP contribution in [0.15, 0.2) is 21.1 Å². The average Bonchev–Trinajstić information content (AvgIpc) is 2.36. The SMILES string of the molecule is CCCOc1c(Br)cc(CNC(C)(C)CO)cc1Br. The Bertz CT molecular complexity index is 399. The summed E-state index contributed by atoms with van der Waals surface area (Å²) in [6.07, 6.45) is 0.979. The van der Waals surface area contributed by atoms with E-state index in [1.165, 1.54) is 0 Å². The second-order valence-electron chi connectivity index (χ2n) is 5.13. The van der Waals surface area contributed by atoms with Crippen LogP contribution in [0.5, 0.6) is 5.75 Å². The number of halogens is 2. The summed E-state index contributed by atoms with van der Waals surface area (Å²) < 4.78 is 7.56. The third kappa shape index (κ3) is 5.42. The smallest absolute Gasteiger partial charge is 0.147 e. The van der Waals surface area contributed by atoms with Gasteiger partial charge in [0.25, 0.3) is 0 Å². The lowest BCUT2D eigenvalue weighted by molar-refractivity contribution is 0.187. The number of nitrogens with one attached hydrogen (secondary N) is 1. The zero-order chi connectivity index (χ0) is 14.5. The number of aliphatic hydroxyl groups excluding tert-OH is 1. The molecule has 0 atom stereocenters. The summed E-state index contributed by atoms with van der Waals surface area (Å²) in [6, 6.07) is 4.08. The normalized spacial score (nSPS) is 11.7. The van der Waals surface area contributed by atoms with E-state index in [9.17, 15) is 5.11 Å². The van der Waals surface area contributed by atoms with E-state index in [0.29, 0.717) is 13.2 Å². The molecule has 2 N–H and O–H groups in total. The van der Waals surface area contributed by atoms with Crippen LogP contribution in [0, 0.1) is 0 Å². The van der Waals surface area contributed by atoms with Crippen LogP contribution < -0.4 is 10.1 Å². The van der Waals surface area contributed by atoms with Gasteiger partial charge in [-0.1, -0.05) is 6.92 Å². The van der Waals surface area contributed by atoms with E-state index in [1.54, 1.807) is 0 Å².